The van der Waals surface area contributed by atoms with Crippen molar-refractivity contribution >= 4 is 15.5 Å². The molecule has 1 N–H and O–H groups in total. The molecule has 2 rings (SSSR count). The van der Waals surface area contributed by atoms with Crippen LogP contribution >= 0.6 is 0 Å². The van der Waals surface area contributed by atoms with Crippen molar-refractivity contribution in [3.05, 3.63) is 29.8 Å². The molecule has 20 heavy (non-hydrogen) atoms. The van der Waals surface area contributed by atoms with Gasteiger partial charge in [0.2, 0.25) is 0 Å². The normalized spacial score (nSPS) is 27.2. The van der Waals surface area contributed by atoms with Gasteiger partial charge >= 0.3 is 0 Å². The number of hydrogen-bond acceptors (Lipinski definition) is 3. The van der Waals surface area contributed by atoms with Crippen molar-refractivity contribution in [2.75, 3.05) is 11.6 Å². The van der Waals surface area contributed by atoms with Crippen LogP contribution in [0.15, 0.2) is 24.3 Å². The number of nitrogens with one attached hydrogen (secondary N) is 1. The Hall–Kier alpha value is -1.03. The maximum atomic E-state index is 11.4. The Bertz CT molecular complexity index is 553. The maximum absolute atomic E-state index is 11.4. The summed E-state index contributed by atoms with van der Waals surface area (Å²) in [6, 6.07) is 8.29. The van der Waals surface area contributed by atoms with Gasteiger partial charge in [0.15, 0.2) is 9.84 Å². The van der Waals surface area contributed by atoms with Gasteiger partial charge in [0.1, 0.15) is 0 Å². The predicted octanol–water partition coefficient (Wildman–Crippen LogP) is 3.47. The molecule has 0 amide bonds. The minimum absolute atomic E-state index is 0.111. The Balaban J connectivity index is 2.04. The van der Waals surface area contributed by atoms with E-state index in [1.807, 2.05) is 24.3 Å². The third-order valence-corrected chi connectivity index (χ3v) is 5.00. The van der Waals surface area contributed by atoms with E-state index >= 15 is 0 Å². The van der Waals surface area contributed by atoms with Crippen molar-refractivity contribution < 1.29 is 8.42 Å². The van der Waals surface area contributed by atoms with Gasteiger partial charge in [-0.05, 0) is 48.8 Å². The summed E-state index contributed by atoms with van der Waals surface area (Å²) in [4.78, 5) is 0. The Kier molecular flexibility index (Phi) is 4.74. The Labute approximate surface area is 122 Å². The highest BCUT2D eigenvalue weighted by Gasteiger charge is 2.25. The van der Waals surface area contributed by atoms with Crippen LogP contribution < -0.4 is 5.32 Å². The zero-order valence-electron chi connectivity index (χ0n) is 12.6. The summed E-state index contributed by atoms with van der Waals surface area (Å²) < 4.78 is 22.7. The summed E-state index contributed by atoms with van der Waals surface area (Å²) in [7, 11) is -2.97. The van der Waals surface area contributed by atoms with Gasteiger partial charge in [0.25, 0.3) is 0 Å². The third kappa shape index (κ3) is 4.51. The van der Waals surface area contributed by atoms with Crippen molar-refractivity contribution in [3.8, 4) is 0 Å². The topological polar surface area (TPSA) is 46.2 Å². The molecule has 0 aromatic heterocycles. The molecule has 1 saturated carbocycles. The first-order chi connectivity index (χ1) is 9.33. The van der Waals surface area contributed by atoms with E-state index in [1.54, 1.807) is 0 Å². The van der Waals surface area contributed by atoms with Crippen molar-refractivity contribution in [2.24, 2.45) is 11.8 Å². The van der Waals surface area contributed by atoms with Crippen LogP contribution in [0.5, 0.6) is 0 Å². The summed E-state index contributed by atoms with van der Waals surface area (Å²) >= 11 is 0. The lowest BCUT2D eigenvalue weighted by molar-refractivity contribution is 0.276. The monoisotopic (exact) mass is 295 g/mol. The van der Waals surface area contributed by atoms with Crippen molar-refractivity contribution in [3.63, 3.8) is 0 Å². The van der Waals surface area contributed by atoms with Gasteiger partial charge in [-0.1, -0.05) is 26.0 Å². The second kappa shape index (κ2) is 6.17. The number of sulfone groups is 1. The first kappa shape index (κ1) is 15.4. The van der Waals surface area contributed by atoms with Gasteiger partial charge in [-0.2, -0.15) is 0 Å². The molecule has 1 aromatic rings. The molecule has 1 fully saturated rings. The predicted molar refractivity (Wildman–Crippen MR) is 84.6 cm³/mol. The quantitative estimate of drug-likeness (QED) is 0.925. The second-order valence-corrected chi connectivity index (χ2v) is 8.56. The fraction of sp³-hybridized carbons (Fsp3) is 0.625. The molecule has 0 unspecified atom stereocenters. The van der Waals surface area contributed by atoms with Gasteiger partial charge in [-0.3, -0.25) is 0 Å². The average Bonchev–Trinajstić information content (AvgIpc) is 2.31. The van der Waals surface area contributed by atoms with Crippen LogP contribution in [0.25, 0.3) is 0 Å². The largest absolute Gasteiger partial charge is 0.382 e. The summed E-state index contributed by atoms with van der Waals surface area (Å²) in [6.45, 7) is 4.62. The van der Waals surface area contributed by atoms with E-state index in [1.165, 1.54) is 25.5 Å². The van der Waals surface area contributed by atoms with Crippen LogP contribution in [0.2, 0.25) is 0 Å². The van der Waals surface area contributed by atoms with Crippen LogP contribution in [0.3, 0.4) is 0 Å². The van der Waals surface area contributed by atoms with E-state index in [0.717, 1.165) is 17.2 Å². The van der Waals surface area contributed by atoms with Crippen molar-refractivity contribution in [2.45, 2.75) is 44.9 Å². The average molecular weight is 295 g/mol. The summed E-state index contributed by atoms with van der Waals surface area (Å²) in [5.74, 6) is 1.59. The molecule has 0 heterocycles. The van der Waals surface area contributed by atoms with E-state index in [4.69, 9.17) is 0 Å². The zero-order valence-corrected chi connectivity index (χ0v) is 13.4. The third-order valence-electron chi connectivity index (χ3n) is 4.14. The SMILES string of the molecule is C[C@@H]1CC[C@@H](Nc2cccc(CS(C)(=O)=O)c2)[C@H](C)C1. The molecule has 0 bridgehead atoms. The Morgan fingerprint density at radius 1 is 1.25 bits per heavy atom. The molecule has 0 radical (unpaired) electrons. The summed E-state index contributed by atoms with van der Waals surface area (Å²) in [6.07, 6.45) is 5.00. The summed E-state index contributed by atoms with van der Waals surface area (Å²) in [5.41, 5.74) is 1.90. The Morgan fingerprint density at radius 2 is 2.00 bits per heavy atom. The van der Waals surface area contributed by atoms with Gasteiger partial charge < -0.3 is 5.32 Å². The molecule has 112 valence electrons. The van der Waals surface area contributed by atoms with E-state index in [0.29, 0.717) is 12.0 Å². The fourth-order valence-corrected chi connectivity index (χ4v) is 3.93. The molecule has 1 aliphatic carbocycles. The highest BCUT2D eigenvalue weighted by atomic mass is 32.2. The zero-order chi connectivity index (χ0) is 14.8. The highest BCUT2D eigenvalue weighted by Crippen LogP contribution is 2.30. The second-order valence-electron chi connectivity index (χ2n) is 6.42. The van der Waals surface area contributed by atoms with E-state index < -0.39 is 9.84 Å². The van der Waals surface area contributed by atoms with Crippen LogP contribution in [-0.2, 0) is 15.6 Å². The molecule has 0 spiro atoms. The first-order valence-electron chi connectivity index (χ1n) is 7.36. The van der Waals surface area contributed by atoms with Crippen molar-refractivity contribution in [1.82, 2.24) is 0 Å². The molecule has 1 aliphatic rings. The lowest BCUT2D eigenvalue weighted by Crippen LogP contribution is -2.33. The standard InChI is InChI=1S/C16H25NO2S/c1-12-7-8-16(13(2)9-12)17-15-6-4-5-14(10-15)11-20(3,18)19/h4-6,10,12-13,16-17H,7-9,11H2,1-3H3/t12-,13-,16-/m1/s1. The molecule has 0 aliphatic heterocycles. The van der Waals surface area contributed by atoms with E-state index in [-0.39, 0.29) is 5.75 Å². The van der Waals surface area contributed by atoms with Gasteiger partial charge in [0, 0.05) is 18.0 Å². The highest BCUT2D eigenvalue weighted by molar-refractivity contribution is 7.89. The number of anilines is 1. The summed E-state index contributed by atoms with van der Waals surface area (Å²) in [5, 5.41) is 3.58. The van der Waals surface area contributed by atoms with E-state index in [2.05, 4.69) is 19.2 Å². The molecule has 1 aromatic carbocycles. The van der Waals surface area contributed by atoms with Gasteiger partial charge in [-0.15, -0.1) is 0 Å². The van der Waals surface area contributed by atoms with Gasteiger partial charge in [-0.25, -0.2) is 8.42 Å². The van der Waals surface area contributed by atoms with E-state index in [9.17, 15) is 8.42 Å². The number of benzene rings is 1. The molecular weight excluding hydrogens is 270 g/mol. The molecule has 0 saturated heterocycles. The lowest BCUT2D eigenvalue weighted by Gasteiger charge is -2.34. The molecule has 3 atom stereocenters. The lowest BCUT2D eigenvalue weighted by atomic mass is 9.80. The number of hydrogen-bond donors (Lipinski definition) is 1. The maximum Gasteiger partial charge on any atom is 0.151 e. The Morgan fingerprint density at radius 3 is 2.65 bits per heavy atom. The van der Waals surface area contributed by atoms with Crippen LogP contribution in [0.4, 0.5) is 5.69 Å². The molecule has 3 nitrogen and oxygen atoms in total. The minimum atomic E-state index is -2.97. The fourth-order valence-electron chi connectivity index (χ4n) is 3.15. The van der Waals surface area contributed by atoms with Gasteiger partial charge in [0.05, 0.1) is 5.75 Å². The van der Waals surface area contributed by atoms with Crippen molar-refractivity contribution in [1.29, 1.82) is 0 Å². The smallest absolute Gasteiger partial charge is 0.151 e. The molecule has 4 heteroatoms. The first-order valence-corrected chi connectivity index (χ1v) is 9.43. The van der Waals surface area contributed by atoms with Crippen LogP contribution in [0, 0.1) is 11.8 Å². The number of rotatable bonds is 4. The molecular formula is C16H25NO2S. The van der Waals surface area contributed by atoms with Crippen LogP contribution in [-0.4, -0.2) is 20.7 Å². The minimum Gasteiger partial charge on any atom is -0.382 e. The van der Waals surface area contributed by atoms with Crippen LogP contribution in [0.1, 0.15) is 38.7 Å².